The van der Waals surface area contributed by atoms with Gasteiger partial charge in [-0.05, 0) is 141 Å². The minimum Gasteiger partial charge on any atom is -0.458 e. The topological polar surface area (TPSA) is 31.5 Å². The molecule has 7 nitrogen and oxygen atoms in total. The Labute approximate surface area is 476 Å². The highest BCUT2D eigenvalue weighted by molar-refractivity contribution is 7.02. The molecule has 0 unspecified atom stereocenters. The smallest absolute Gasteiger partial charge is 0.256 e. The Balaban J connectivity index is 0.989. The van der Waals surface area contributed by atoms with Gasteiger partial charge in [0.05, 0.1) is 29.0 Å². The Morgan fingerprint density at radius 1 is 0.341 bits per heavy atom. The van der Waals surface area contributed by atoms with Gasteiger partial charge >= 0.3 is 0 Å². The fraction of sp³-hybridized carbons (Fsp3) is 0. The van der Waals surface area contributed by atoms with Gasteiger partial charge in [0.15, 0.2) is 0 Å². The Morgan fingerprint density at radius 2 is 0.841 bits per heavy atom. The van der Waals surface area contributed by atoms with Crippen LogP contribution in [0.15, 0.2) is 279 Å². The average Bonchev–Trinajstić information content (AvgIpc) is 1.41. The molecule has 82 heavy (non-hydrogen) atoms. The molecule has 0 spiro atoms. The quantitative estimate of drug-likeness (QED) is 0.117. The number of benzene rings is 12. The van der Waals surface area contributed by atoms with Crippen LogP contribution in [-0.4, -0.2) is 18.0 Å². The Hall–Kier alpha value is -10.9. The fourth-order valence-corrected chi connectivity index (χ4v) is 13.9. The first-order valence-corrected chi connectivity index (χ1v) is 27.9. The molecular formula is C73H46B2N6O. The zero-order valence-corrected chi connectivity index (χ0v) is 44.3. The lowest BCUT2D eigenvalue weighted by Crippen LogP contribution is -2.64. The van der Waals surface area contributed by atoms with Gasteiger partial charge in [0, 0.05) is 74.0 Å². The van der Waals surface area contributed by atoms with Crippen LogP contribution in [0.5, 0.6) is 11.5 Å². The number of nitrogens with zero attached hydrogens (tertiary/aromatic N) is 6. The van der Waals surface area contributed by atoms with E-state index in [4.69, 9.17) is 11.3 Å². The number of ether oxygens (including phenoxy) is 1. The Bertz CT molecular complexity index is 4740. The minimum atomic E-state index is -0.195. The van der Waals surface area contributed by atoms with Gasteiger partial charge in [-0.25, -0.2) is 4.85 Å². The first kappa shape index (κ1) is 46.0. The van der Waals surface area contributed by atoms with E-state index in [0.29, 0.717) is 5.69 Å². The van der Waals surface area contributed by atoms with Gasteiger partial charge < -0.3 is 28.9 Å². The second-order valence-electron chi connectivity index (χ2n) is 21.5. The Kier molecular flexibility index (Phi) is 10.1. The molecule has 13 aromatic rings. The molecule has 0 aliphatic carbocycles. The predicted molar refractivity (Wildman–Crippen MR) is 342 cm³/mol. The van der Waals surface area contributed by atoms with Crippen molar-refractivity contribution in [2.45, 2.75) is 0 Å². The second kappa shape index (κ2) is 18.0. The molecule has 12 aromatic carbocycles. The molecule has 9 heteroatoms. The van der Waals surface area contributed by atoms with Crippen molar-refractivity contribution < 1.29 is 4.74 Å². The zero-order valence-electron chi connectivity index (χ0n) is 44.3. The minimum absolute atomic E-state index is 0.159. The van der Waals surface area contributed by atoms with Crippen molar-refractivity contribution in [1.29, 1.82) is 0 Å². The molecule has 0 saturated heterocycles. The van der Waals surface area contributed by atoms with Crippen molar-refractivity contribution >= 4 is 142 Å². The number of hydrogen-bond donors (Lipinski definition) is 0. The van der Waals surface area contributed by atoms with Crippen LogP contribution in [0.2, 0.25) is 0 Å². The van der Waals surface area contributed by atoms with Gasteiger partial charge in [0.2, 0.25) is 5.69 Å². The van der Waals surface area contributed by atoms with Crippen LogP contribution in [-0.2, 0) is 0 Å². The van der Waals surface area contributed by atoms with E-state index in [9.17, 15) is 0 Å². The van der Waals surface area contributed by atoms with Gasteiger partial charge in [0.1, 0.15) is 11.5 Å². The van der Waals surface area contributed by atoms with Crippen molar-refractivity contribution in [2.75, 3.05) is 19.6 Å². The fourth-order valence-electron chi connectivity index (χ4n) is 13.9. The molecule has 1 aromatic heterocycles. The summed E-state index contributed by atoms with van der Waals surface area (Å²) in [7, 11) is 0. The van der Waals surface area contributed by atoms with Gasteiger partial charge in [-0.2, -0.15) is 0 Å². The molecule has 0 bridgehead atoms. The molecular weight excluding hydrogens is 998 g/mol. The van der Waals surface area contributed by atoms with Gasteiger partial charge in [0.25, 0.3) is 13.4 Å². The monoisotopic (exact) mass is 1040 g/mol. The third-order valence-corrected chi connectivity index (χ3v) is 17.1. The van der Waals surface area contributed by atoms with Crippen LogP contribution in [0, 0.1) is 6.57 Å². The summed E-state index contributed by atoms with van der Waals surface area (Å²) in [6.07, 6.45) is 0. The van der Waals surface area contributed by atoms with Crippen LogP contribution in [0.1, 0.15) is 0 Å². The van der Waals surface area contributed by atoms with Crippen molar-refractivity contribution in [1.82, 2.24) is 4.57 Å². The predicted octanol–water partition coefficient (Wildman–Crippen LogP) is 15.3. The summed E-state index contributed by atoms with van der Waals surface area (Å²) < 4.78 is 9.49. The van der Waals surface area contributed by atoms with E-state index in [1.54, 1.807) is 0 Å². The van der Waals surface area contributed by atoms with Crippen LogP contribution >= 0.6 is 0 Å². The van der Waals surface area contributed by atoms with Crippen LogP contribution in [0.25, 0.3) is 32.3 Å². The maximum Gasteiger partial charge on any atom is 0.256 e. The summed E-state index contributed by atoms with van der Waals surface area (Å²) in [5, 5.41) is 2.13. The van der Waals surface area contributed by atoms with Crippen LogP contribution < -0.4 is 57.1 Å². The highest BCUT2D eigenvalue weighted by Gasteiger charge is 2.48. The maximum atomic E-state index is 8.45. The van der Waals surface area contributed by atoms with E-state index < -0.39 is 0 Å². The highest BCUT2D eigenvalue weighted by atomic mass is 16.5. The molecule has 0 fully saturated rings. The third kappa shape index (κ3) is 6.73. The summed E-state index contributed by atoms with van der Waals surface area (Å²) in [4.78, 5) is 14.0. The molecule has 17 rings (SSSR count). The van der Waals surface area contributed by atoms with Crippen LogP contribution in [0.4, 0.5) is 73.9 Å². The van der Waals surface area contributed by atoms with E-state index in [1.165, 1.54) is 21.9 Å². The second-order valence-corrected chi connectivity index (χ2v) is 21.5. The lowest BCUT2D eigenvalue weighted by molar-refractivity contribution is 0.487. The number of para-hydroxylation sites is 9. The van der Waals surface area contributed by atoms with Crippen molar-refractivity contribution in [3.8, 4) is 17.2 Å². The lowest BCUT2D eigenvalue weighted by Gasteiger charge is -2.46. The average molecular weight is 1040 g/mol. The highest BCUT2D eigenvalue weighted by Crippen LogP contribution is 2.51. The molecule has 0 radical (unpaired) electrons. The van der Waals surface area contributed by atoms with E-state index in [1.807, 2.05) is 12.1 Å². The van der Waals surface area contributed by atoms with Gasteiger partial charge in [-0.15, -0.1) is 0 Å². The SMILES string of the molecule is [C-]#[N+]c1cccc2c3ccccc3n(-c3cc4c5c(c3)N(c3ccccc3)c3cc6c(cc3B5c3ccccc3O4)B3c4ccccc4N(c4ccccc4)c4cc(N(c5ccccc5)c5ccccc5)cc(c43)N6c3ccccc3)c12. The van der Waals surface area contributed by atoms with Crippen molar-refractivity contribution in [3.63, 3.8) is 0 Å². The molecule has 0 amide bonds. The molecule has 0 saturated carbocycles. The summed E-state index contributed by atoms with van der Waals surface area (Å²) in [5.74, 6) is 1.62. The van der Waals surface area contributed by atoms with E-state index in [2.05, 4.69) is 296 Å². The molecule has 5 heterocycles. The lowest BCUT2D eigenvalue weighted by atomic mass is 9.30. The van der Waals surface area contributed by atoms with E-state index >= 15 is 0 Å². The number of aromatic nitrogens is 1. The van der Waals surface area contributed by atoms with Crippen molar-refractivity contribution in [2.24, 2.45) is 0 Å². The molecule has 4 aliphatic heterocycles. The van der Waals surface area contributed by atoms with E-state index in [-0.39, 0.29) is 13.4 Å². The summed E-state index contributed by atoms with van der Waals surface area (Å²) in [6.45, 7) is 8.09. The first-order chi connectivity index (χ1) is 40.7. The third-order valence-electron chi connectivity index (χ3n) is 17.1. The summed E-state index contributed by atoms with van der Waals surface area (Å²) >= 11 is 0. The molecule has 4 aliphatic rings. The maximum absolute atomic E-state index is 8.45. The largest absolute Gasteiger partial charge is 0.458 e. The number of rotatable bonds is 7. The number of fused-ring (bicyclic) bond motifs is 11. The first-order valence-electron chi connectivity index (χ1n) is 27.9. The molecule has 380 valence electrons. The van der Waals surface area contributed by atoms with Gasteiger partial charge in [-0.3, -0.25) is 0 Å². The standard InChI is InChI=1S/C73H46B2N6O/c1-76-61-38-23-35-56-55-34-17-20-39-62(55)81(73(56)61)54-44-68-72-70(45-54)82-69-41-22-19-37-58(69)75(72)60-46-59-64(47-65(60)80(68)52-32-15-6-16-33-52)79(51-30-13-5-14-31-51)67-43-53(77(48-24-7-2-8-25-48)49-26-9-3-10-27-49)42-66-71(67)74(59)57-36-18-21-40-63(57)78(66)50-28-11-4-12-29-50/h2-47H. The summed E-state index contributed by atoms with van der Waals surface area (Å²) in [5.41, 5.74) is 23.5. The summed E-state index contributed by atoms with van der Waals surface area (Å²) in [6, 6.07) is 101. The van der Waals surface area contributed by atoms with Gasteiger partial charge in [-0.1, -0.05) is 170 Å². The van der Waals surface area contributed by atoms with Crippen molar-refractivity contribution in [3.05, 3.63) is 290 Å². The Morgan fingerprint density at radius 3 is 1.46 bits per heavy atom. The molecule has 0 atom stereocenters. The van der Waals surface area contributed by atoms with Crippen LogP contribution in [0.3, 0.4) is 0 Å². The van der Waals surface area contributed by atoms with E-state index in [0.717, 1.165) is 118 Å². The number of hydrogen-bond acceptors (Lipinski definition) is 5. The molecule has 0 N–H and O–H groups in total. The zero-order chi connectivity index (χ0) is 54.0. The number of anilines is 12. The normalized spacial score (nSPS) is 13.1.